The van der Waals surface area contributed by atoms with Crippen molar-refractivity contribution < 1.29 is 32.2 Å². The molecule has 0 aliphatic heterocycles. The van der Waals surface area contributed by atoms with Gasteiger partial charge in [0.25, 0.3) is 5.91 Å². The van der Waals surface area contributed by atoms with E-state index in [9.17, 15) is 32.3 Å². The first-order chi connectivity index (χ1) is 16.5. The number of fused-ring (bicyclic) bond motifs is 1. The Morgan fingerprint density at radius 3 is 2.60 bits per heavy atom. The van der Waals surface area contributed by atoms with Gasteiger partial charge in [-0.05, 0) is 36.8 Å². The maximum Gasteiger partial charge on any atom is 0.418 e. The SMILES string of the molecule is Cc1c(C(F)(F)F)cnc(Oc2ccc(F)cc2CO)c1-c1cc(=O)c2c(C(N)=O)nccc2[nH]1. The Balaban J connectivity index is 1.99. The van der Waals surface area contributed by atoms with Crippen LogP contribution in [0.15, 0.2) is 47.5 Å². The molecular formula is C23H16F4N4O4. The number of aliphatic hydroxyl groups excluding tert-OH is 1. The fourth-order valence-electron chi connectivity index (χ4n) is 3.66. The minimum absolute atomic E-state index is 0.0273. The zero-order valence-corrected chi connectivity index (χ0v) is 17.9. The van der Waals surface area contributed by atoms with Crippen LogP contribution in [0.4, 0.5) is 17.6 Å². The maximum absolute atomic E-state index is 13.7. The van der Waals surface area contributed by atoms with Crippen molar-refractivity contribution in [1.29, 1.82) is 0 Å². The second-order valence-corrected chi connectivity index (χ2v) is 7.48. The monoisotopic (exact) mass is 488 g/mol. The summed E-state index contributed by atoms with van der Waals surface area (Å²) in [4.78, 5) is 35.0. The van der Waals surface area contributed by atoms with Crippen molar-refractivity contribution in [3.05, 3.63) is 81.2 Å². The molecule has 3 aromatic heterocycles. The van der Waals surface area contributed by atoms with Crippen molar-refractivity contribution in [2.24, 2.45) is 5.73 Å². The van der Waals surface area contributed by atoms with Gasteiger partial charge in [0.2, 0.25) is 5.88 Å². The second-order valence-electron chi connectivity index (χ2n) is 7.48. The van der Waals surface area contributed by atoms with Crippen molar-refractivity contribution in [3.8, 4) is 22.9 Å². The molecular weight excluding hydrogens is 472 g/mol. The number of halogens is 4. The van der Waals surface area contributed by atoms with E-state index in [4.69, 9.17) is 10.5 Å². The Morgan fingerprint density at radius 2 is 1.94 bits per heavy atom. The fourth-order valence-corrected chi connectivity index (χ4v) is 3.66. The lowest BCUT2D eigenvalue weighted by molar-refractivity contribution is -0.138. The van der Waals surface area contributed by atoms with E-state index in [0.717, 1.165) is 18.2 Å². The van der Waals surface area contributed by atoms with Crippen molar-refractivity contribution in [1.82, 2.24) is 15.0 Å². The molecule has 0 aliphatic rings. The van der Waals surface area contributed by atoms with Gasteiger partial charge >= 0.3 is 6.18 Å². The van der Waals surface area contributed by atoms with Crippen LogP contribution < -0.4 is 15.9 Å². The van der Waals surface area contributed by atoms with Crippen molar-refractivity contribution >= 4 is 16.8 Å². The average molecular weight is 488 g/mol. The molecule has 0 unspecified atom stereocenters. The van der Waals surface area contributed by atoms with Gasteiger partial charge < -0.3 is 20.6 Å². The fraction of sp³-hybridized carbons (Fsp3) is 0.130. The Hall–Kier alpha value is -4.32. The lowest BCUT2D eigenvalue weighted by atomic mass is 10.0. The highest BCUT2D eigenvalue weighted by atomic mass is 19.4. The predicted molar refractivity (Wildman–Crippen MR) is 116 cm³/mol. The number of nitrogens with zero attached hydrogens (tertiary/aromatic N) is 2. The van der Waals surface area contributed by atoms with Crippen LogP contribution in [0.1, 0.15) is 27.2 Å². The summed E-state index contributed by atoms with van der Waals surface area (Å²) in [5.41, 5.74) is 2.69. The van der Waals surface area contributed by atoms with E-state index < -0.39 is 35.5 Å². The second kappa shape index (κ2) is 8.80. The number of benzene rings is 1. The van der Waals surface area contributed by atoms with E-state index in [1.807, 2.05) is 0 Å². The molecule has 0 atom stereocenters. The molecule has 0 saturated heterocycles. The van der Waals surface area contributed by atoms with Gasteiger partial charge in [0.05, 0.1) is 34.3 Å². The maximum atomic E-state index is 13.7. The van der Waals surface area contributed by atoms with Gasteiger partial charge in [0, 0.05) is 24.0 Å². The minimum atomic E-state index is -4.77. The number of alkyl halides is 3. The number of carbonyl (C=O) groups is 1. The average Bonchev–Trinajstić information content (AvgIpc) is 2.78. The van der Waals surface area contributed by atoms with Crippen LogP contribution in [0.3, 0.4) is 0 Å². The highest BCUT2D eigenvalue weighted by Crippen LogP contribution is 2.41. The number of rotatable bonds is 5. The number of aromatic amines is 1. The quantitative estimate of drug-likeness (QED) is 0.366. The zero-order chi connectivity index (χ0) is 25.5. The molecule has 8 nitrogen and oxygen atoms in total. The van der Waals surface area contributed by atoms with Crippen LogP contribution in [0.25, 0.3) is 22.2 Å². The van der Waals surface area contributed by atoms with E-state index in [0.29, 0.717) is 6.20 Å². The van der Waals surface area contributed by atoms with E-state index in [1.165, 1.54) is 25.3 Å². The first kappa shape index (κ1) is 23.8. The van der Waals surface area contributed by atoms with Gasteiger partial charge in [0.15, 0.2) is 5.43 Å². The Bertz CT molecular complexity index is 1530. The van der Waals surface area contributed by atoms with Crippen molar-refractivity contribution in [2.75, 3.05) is 0 Å². The lowest BCUT2D eigenvalue weighted by Gasteiger charge is -2.18. The number of aromatic nitrogens is 3. The molecule has 4 rings (SSSR count). The summed E-state index contributed by atoms with van der Waals surface area (Å²) in [6, 6.07) is 5.56. The number of H-pyrrole nitrogens is 1. The van der Waals surface area contributed by atoms with E-state index in [2.05, 4.69) is 15.0 Å². The molecule has 1 amide bonds. The standard InChI is InChI=1S/C23H16F4N4O4/c1-10-13(23(25,26)27)8-30-22(35-17-3-2-12(24)6-11(17)9-32)18(10)15-7-16(33)19-14(31-15)4-5-29-20(19)21(28)34/h2-8,32H,9H2,1H3,(H2,28,34)(H,31,33). The summed E-state index contributed by atoms with van der Waals surface area (Å²) >= 11 is 0. The number of amides is 1. The summed E-state index contributed by atoms with van der Waals surface area (Å²) in [5, 5.41) is 9.40. The largest absolute Gasteiger partial charge is 0.438 e. The number of carbonyl (C=O) groups excluding carboxylic acids is 1. The first-order valence-corrected chi connectivity index (χ1v) is 9.97. The molecule has 35 heavy (non-hydrogen) atoms. The molecule has 0 radical (unpaired) electrons. The van der Waals surface area contributed by atoms with Crippen molar-refractivity contribution in [3.63, 3.8) is 0 Å². The van der Waals surface area contributed by atoms with Gasteiger partial charge in [-0.15, -0.1) is 0 Å². The molecule has 4 N–H and O–H groups in total. The third-order valence-electron chi connectivity index (χ3n) is 5.25. The predicted octanol–water partition coefficient (Wildman–Crippen LogP) is 3.83. The van der Waals surface area contributed by atoms with Gasteiger partial charge in [-0.3, -0.25) is 14.6 Å². The van der Waals surface area contributed by atoms with Crippen LogP contribution >= 0.6 is 0 Å². The van der Waals surface area contributed by atoms with Crippen LogP contribution in [0, 0.1) is 12.7 Å². The molecule has 0 saturated carbocycles. The topological polar surface area (TPSA) is 131 Å². The molecule has 180 valence electrons. The number of hydrogen-bond donors (Lipinski definition) is 3. The zero-order valence-electron chi connectivity index (χ0n) is 17.9. The normalized spacial score (nSPS) is 11.6. The van der Waals surface area contributed by atoms with Crippen LogP contribution in [0.2, 0.25) is 0 Å². The number of primary amides is 1. The molecule has 4 aromatic rings. The molecule has 0 fully saturated rings. The molecule has 12 heteroatoms. The molecule has 0 aliphatic carbocycles. The third kappa shape index (κ3) is 4.43. The number of nitrogens with two attached hydrogens (primary N) is 1. The summed E-state index contributed by atoms with van der Waals surface area (Å²) < 4.78 is 60.2. The Morgan fingerprint density at radius 1 is 1.20 bits per heavy atom. The summed E-state index contributed by atoms with van der Waals surface area (Å²) in [5.74, 6) is -2.00. The van der Waals surface area contributed by atoms with Gasteiger partial charge in [-0.25, -0.2) is 9.37 Å². The molecule has 1 aromatic carbocycles. The van der Waals surface area contributed by atoms with E-state index in [1.54, 1.807) is 0 Å². The summed E-state index contributed by atoms with van der Waals surface area (Å²) in [6.07, 6.45) is -2.98. The lowest BCUT2D eigenvalue weighted by Crippen LogP contribution is -2.18. The van der Waals surface area contributed by atoms with Crippen molar-refractivity contribution in [2.45, 2.75) is 19.7 Å². The number of aliphatic hydroxyl groups is 1. The van der Waals surface area contributed by atoms with Gasteiger partial charge in [-0.2, -0.15) is 13.2 Å². The Kier molecular flexibility index (Phi) is 5.99. The van der Waals surface area contributed by atoms with Gasteiger partial charge in [0.1, 0.15) is 17.3 Å². The number of pyridine rings is 3. The van der Waals surface area contributed by atoms with E-state index in [-0.39, 0.29) is 50.6 Å². The molecule has 0 bridgehead atoms. The molecule has 3 heterocycles. The van der Waals surface area contributed by atoms with Crippen LogP contribution in [-0.2, 0) is 12.8 Å². The third-order valence-corrected chi connectivity index (χ3v) is 5.25. The smallest absolute Gasteiger partial charge is 0.418 e. The summed E-state index contributed by atoms with van der Waals surface area (Å²) in [6.45, 7) is 0.561. The highest BCUT2D eigenvalue weighted by Gasteiger charge is 2.35. The Labute approximate surface area is 194 Å². The number of nitrogens with one attached hydrogen (secondary N) is 1. The van der Waals surface area contributed by atoms with Gasteiger partial charge in [-0.1, -0.05) is 0 Å². The first-order valence-electron chi connectivity index (χ1n) is 9.97. The number of ether oxygens (including phenoxy) is 1. The van der Waals surface area contributed by atoms with Crippen LogP contribution in [0.5, 0.6) is 11.6 Å². The highest BCUT2D eigenvalue weighted by molar-refractivity contribution is 6.03. The number of hydrogen-bond acceptors (Lipinski definition) is 6. The van der Waals surface area contributed by atoms with Crippen LogP contribution in [-0.4, -0.2) is 26.0 Å². The van der Waals surface area contributed by atoms with E-state index >= 15 is 0 Å². The minimum Gasteiger partial charge on any atom is -0.438 e. The molecule has 0 spiro atoms. The summed E-state index contributed by atoms with van der Waals surface area (Å²) in [7, 11) is 0.